The topological polar surface area (TPSA) is 69.4 Å². The van der Waals surface area contributed by atoms with Gasteiger partial charge < -0.3 is 10.5 Å². The van der Waals surface area contributed by atoms with E-state index in [0.29, 0.717) is 19.6 Å². The molecule has 2 N–H and O–H groups in total. The highest BCUT2D eigenvalue weighted by atomic mass is 32.2. The summed E-state index contributed by atoms with van der Waals surface area (Å²) in [6, 6.07) is 0. The molecule has 1 rings (SSSR count). The normalized spacial score (nSPS) is 33.1. The molecule has 0 radical (unpaired) electrons. The van der Waals surface area contributed by atoms with E-state index in [1.54, 1.807) is 0 Å². The highest BCUT2D eigenvalue weighted by molar-refractivity contribution is 7.91. The Morgan fingerprint density at radius 3 is 2.69 bits per heavy atom. The van der Waals surface area contributed by atoms with Crippen LogP contribution in [0.2, 0.25) is 0 Å². The van der Waals surface area contributed by atoms with Gasteiger partial charge in [0.15, 0.2) is 9.84 Å². The second kappa shape index (κ2) is 3.94. The summed E-state index contributed by atoms with van der Waals surface area (Å²) < 4.78 is 28.2. The van der Waals surface area contributed by atoms with Crippen LogP contribution < -0.4 is 5.73 Å². The molecule has 1 atom stereocenters. The maximum atomic E-state index is 11.4. The van der Waals surface area contributed by atoms with E-state index in [-0.39, 0.29) is 11.5 Å². The van der Waals surface area contributed by atoms with Crippen LogP contribution in [0.5, 0.6) is 0 Å². The average molecular weight is 207 g/mol. The van der Waals surface area contributed by atoms with E-state index in [1.807, 2.05) is 6.92 Å². The SMILES string of the molecule is CCOC1(CN)CCCS(=O)(=O)C1. The molecule has 0 aromatic carbocycles. The van der Waals surface area contributed by atoms with Gasteiger partial charge in [-0.2, -0.15) is 0 Å². The van der Waals surface area contributed by atoms with Crippen LogP contribution >= 0.6 is 0 Å². The summed E-state index contributed by atoms with van der Waals surface area (Å²) in [6.07, 6.45) is 1.43. The largest absolute Gasteiger partial charge is 0.373 e. The van der Waals surface area contributed by atoms with Gasteiger partial charge in [0, 0.05) is 13.2 Å². The van der Waals surface area contributed by atoms with Crippen molar-refractivity contribution < 1.29 is 13.2 Å². The van der Waals surface area contributed by atoms with Crippen LogP contribution in [0.4, 0.5) is 0 Å². The lowest BCUT2D eigenvalue weighted by Crippen LogP contribution is -2.50. The minimum absolute atomic E-state index is 0.0876. The number of hydrogen-bond acceptors (Lipinski definition) is 4. The van der Waals surface area contributed by atoms with Crippen LogP contribution in [-0.2, 0) is 14.6 Å². The van der Waals surface area contributed by atoms with E-state index in [0.717, 1.165) is 6.42 Å². The molecule has 1 aliphatic heterocycles. The Balaban J connectivity index is 2.76. The Hall–Kier alpha value is -0.130. The minimum Gasteiger partial charge on any atom is -0.373 e. The Kier molecular flexibility index (Phi) is 3.32. The third kappa shape index (κ3) is 2.65. The Morgan fingerprint density at radius 1 is 1.54 bits per heavy atom. The van der Waals surface area contributed by atoms with E-state index in [4.69, 9.17) is 10.5 Å². The van der Waals surface area contributed by atoms with Crippen molar-refractivity contribution in [3.05, 3.63) is 0 Å². The third-order valence-corrected chi connectivity index (χ3v) is 4.27. The van der Waals surface area contributed by atoms with Gasteiger partial charge >= 0.3 is 0 Å². The van der Waals surface area contributed by atoms with E-state index in [9.17, 15) is 8.42 Å². The summed E-state index contributed by atoms with van der Waals surface area (Å²) in [5.74, 6) is 0.367. The molecule has 0 aromatic rings. The minimum atomic E-state index is -2.93. The van der Waals surface area contributed by atoms with Crippen molar-refractivity contribution >= 4 is 9.84 Å². The molecular formula is C8H17NO3S. The van der Waals surface area contributed by atoms with Gasteiger partial charge in [0.25, 0.3) is 0 Å². The predicted octanol–water partition coefficient (Wildman–Crippen LogP) is -0.0710. The zero-order valence-electron chi connectivity index (χ0n) is 7.95. The second-order valence-corrected chi connectivity index (χ2v) is 5.70. The fraction of sp³-hybridized carbons (Fsp3) is 1.00. The lowest BCUT2D eigenvalue weighted by molar-refractivity contribution is -0.0238. The number of rotatable bonds is 3. The van der Waals surface area contributed by atoms with Gasteiger partial charge in [-0.05, 0) is 19.8 Å². The summed E-state index contributed by atoms with van der Waals surface area (Å²) >= 11 is 0. The average Bonchev–Trinajstić information content (AvgIpc) is 2.03. The molecule has 1 saturated heterocycles. The Bertz CT molecular complexity index is 259. The van der Waals surface area contributed by atoms with Crippen molar-refractivity contribution in [2.45, 2.75) is 25.4 Å². The molecule has 0 bridgehead atoms. The first kappa shape index (κ1) is 10.9. The zero-order valence-corrected chi connectivity index (χ0v) is 8.77. The number of ether oxygens (including phenoxy) is 1. The van der Waals surface area contributed by atoms with Crippen LogP contribution in [0.15, 0.2) is 0 Å². The first-order valence-corrected chi connectivity index (χ1v) is 6.40. The fourth-order valence-corrected chi connectivity index (χ4v) is 3.67. The van der Waals surface area contributed by atoms with Gasteiger partial charge in [0.1, 0.15) is 0 Å². The van der Waals surface area contributed by atoms with Gasteiger partial charge in [-0.15, -0.1) is 0 Å². The summed E-state index contributed by atoms with van der Waals surface area (Å²) in [7, 11) is -2.93. The second-order valence-electron chi connectivity index (χ2n) is 3.52. The fourth-order valence-electron chi connectivity index (χ4n) is 1.80. The van der Waals surface area contributed by atoms with E-state index < -0.39 is 15.4 Å². The van der Waals surface area contributed by atoms with Crippen molar-refractivity contribution in [2.75, 3.05) is 24.7 Å². The van der Waals surface area contributed by atoms with Crippen LogP contribution in [-0.4, -0.2) is 38.7 Å². The Morgan fingerprint density at radius 2 is 2.23 bits per heavy atom. The van der Waals surface area contributed by atoms with Crippen LogP contribution in [0.1, 0.15) is 19.8 Å². The lowest BCUT2D eigenvalue weighted by Gasteiger charge is -2.35. The van der Waals surface area contributed by atoms with Crippen LogP contribution in [0, 0.1) is 0 Å². The maximum absolute atomic E-state index is 11.4. The highest BCUT2D eigenvalue weighted by Gasteiger charge is 2.38. The maximum Gasteiger partial charge on any atom is 0.153 e. The summed E-state index contributed by atoms with van der Waals surface area (Å²) in [5.41, 5.74) is 4.95. The van der Waals surface area contributed by atoms with Crippen molar-refractivity contribution in [1.82, 2.24) is 0 Å². The summed E-state index contributed by atoms with van der Waals surface area (Å²) in [4.78, 5) is 0. The predicted molar refractivity (Wildman–Crippen MR) is 51.3 cm³/mol. The number of hydrogen-bond donors (Lipinski definition) is 1. The van der Waals surface area contributed by atoms with Crippen molar-refractivity contribution in [3.63, 3.8) is 0 Å². The Labute approximate surface area is 79.4 Å². The quantitative estimate of drug-likeness (QED) is 0.703. The molecule has 1 unspecified atom stereocenters. The van der Waals surface area contributed by atoms with Crippen LogP contribution in [0.3, 0.4) is 0 Å². The van der Waals surface area contributed by atoms with Gasteiger partial charge in [-0.25, -0.2) is 8.42 Å². The molecule has 13 heavy (non-hydrogen) atoms. The summed E-state index contributed by atoms with van der Waals surface area (Å²) in [6.45, 7) is 2.67. The molecule has 5 heteroatoms. The smallest absolute Gasteiger partial charge is 0.153 e. The van der Waals surface area contributed by atoms with Crippen molar-refractivity contribution in [2.24, 2.45) is 5.73 Å². The van der Waals surface area contributed by atoms with E-state index >= 15 is 0 Å². The molecule has 0 amide bonds. The lowest BCUT2D eigenvalue weighted by atomic mass is 10.00. The number of sulfone groups is 1. The first-order chi connectivity index (χ1) is 6.04. The standard InChI is InChI=1S/C8H17NO3S/c1-2-12-8(6-9)4-3-5-13(10,11)7-8/h2-7,9H2,1H3. The van der Waals surface area contributed by atoms with Crippen LogP contribution in [0.25, 0.3) is 0 Å². The molecule has 1 aliphatic rings. The van der Waals surface area contributed by atoms with Gasteiger partial charge in [-0.1, -0.05) is 0 Å². The van der Waals surface area contributed by atoms with Gasteiger partial charge in [0.2, 0.25) is 0 Å². The molecule has 4 nitrogen and oxygen atoms in total. The highest BCUT2D eigenvalue weighted by Crippen LogP contribution is 2.25. The molecule has 0 aromatic heterocycles. The molecule has 0 saturated carbocycles. The molecule has 0 spiro atoms. The van der Waals surface area contributed by atoms with Gasteiger partial charge in [-0.3, -0.25) is 0 Å². The molecule has 1 heterocycles. The van der Waals surface area contributed by atoms with E-state index in [1.165, 1.54) is 0 Å². The van der Waals surface area contributed by atoms with E-state index in [2.05, 4.69) is 0 Å². The first-order valence-electron chi connectivity index (χ1n) is 4.58. The van der Waals surface area contributed by atoms with Crippen molar-refractivity contribution in [3.8, 4) is 0 Å². The molecule has 1 fully saturated rings. The molecular weight excluding hydrogens is 190 g/mol. The summed E-state index contributed by atoms with van der Waals surface area (Å²) in [5, 5.41) is 0. The monoisotopic (exact) mass is 207 g/mol. The number of nitrogens with two attached hydrogens (primary N) is 1. The zero-order chi connectivity index (χ0) is 9.95. The molecule has 0 aliphatic carbocycles. The molecule has 78 valence electrons. The van der Waals surface area contributed by atoms with Crippen molar-refractivity contribution in [1.29, 1.82) is 0 Å². The third-order valence-electron chi connectivity index (χ3n) is 2.39. The van der Waals surface area contributed by atoms with Gasteiger partial charge in [0.05, 0.1) is 17.1 Å².